The van der Waals surface area contributed by atoms with E-state index in [1.807, 2.05) is 0 Å². The first-order valence-corrected chi connectivity index (χ1v) is 8.30. The van der Waals surface area contributed by atoms with E-state index in [1.54, 1.807) is 41.9 Å². The van der Waals surface area contributed by atoms with Gasteiger partial charge in [0.2, 0.25) is 0 Å². The minimum atomic E-state index is -0.300. The van der Waals surface area contributed by atoms with E-state index in [4.69, 9.17) is 11.6 Å². The number of rotatable bonds is 5. The van der Waals surface area contributed by atoms with Crippen LogP contribution in [0.4, 0.5) is 4.39 Å². The molecular weight excluding hydrogens is 355 g/mol. The second kappa shape index (κ2) is 7.54. The third kappa shape index (κ3) is 4.00. The van der Waals surface area contributed by atoms with Crippen LogP contribution in [-0.4, -0.2) is 20.7 Å². The Morgan fingerprint density at radius 1 is 1.27 bits per heavy atom. The van der Waals surface area contributed by atoms with Crippen molar-refractivity contribution in [1.29, 1.82) is 0 Å². The summed E-state index contributed by atoms with van der Waals surface area (Å²) in [6.45, 7) is 2.19. The Morgan fingerprint density at radius 3 is 2.69 bits per heavy atom. The lowest BCUT2D eigenvalue weighted by molar-refractivity contribution is 0.104. The predicted molar refractivity (Wildman–Crippen MR) is 98.9 cm³/mol. The molecule has 26 heavy (non-hydrogen) atoms. The zero-order valence-corrected chi connectivity index (χ0v) is 14.7. The van der Waals surface area contributed by atoms with Crippen molar-refractivity contribution in [2.75, 3.05) is 0 Å². The molecule has 4 nitrogen and oxygen atoms in total. The first kappa shape index (κ1) is 17.9. The van der Waals surface area contributed by atoms with Crippen LogP contribution in [0, 0.1) is 12.7 Å². The van der Waals surface area contributed by atoms with Gasteiger partial charge in [0.05, 0.1) is 12.2 Å². The number of aromatic hydroxyl groups is 1. The Morgan fingerprint density at radius 2 is 2.00 bits per heavy atom. The van der Waals surface area contributed by atoms with Gasteiger partial charge in [0.15, 0.2) is 5.78 Å². The molecule has 3 rings (SSSR count). The molecule has 0 radical (unpaired) electrons. The van der Waals surface area contributed by atoms with E-state index in [-0.39, 0.29) is 17.3 Å². The van der Waals surface area contributed by atoms with Crippen molar-refractivity contribution in [3.05, 3.63) is 88.0 Å². The number of phenols is 1. The Bertz CT molecular complexity index is 978. The standard InChI is InChI=1S/C20H16ClFN2O2/c1-13-18(9-10-19(26)15-3-2-4-17(25)11-15)20(21)24(23-13)12-14-5-7-16(22)8-6-14/h2-11,25H,12H2,1H3/b10-9+. The van der Waals surface area contributed by atoms with Gasteiger partial charge in [-0.2, -0.15) is 5.10 Å². The highest BCUT2D eigenvalue weighted by Gasteiger charge is 2.12. The van der Waals surface area contributed by atoms with Crippen LogP contribution >= 0.6 is 11.6 Å². The smallest absolute Gasteiger partial charge is 0.185 e. The third-order valence-corrected chi connectivity index (χ3v) is 4.29. The summed E-state index contributed by atoms with van der Waals surface area (Å²) >= 11 is 6.39. The molecule has 1 heterocycles. The predicted octanol–water partition coefficient (Wildman–Crippen LogP) is 4.63. The van der Waals surface area contributed by atoms with E-state index in [1.165, 1.54) is 30.3 Å². The highest BCUT2D eigenvalue weighted by Crippen LogP contribution is 2.23. The van der Waals surface area contributed by atoms with Gasteiger partial charge in [-0.25, -0.2) is 9.07 Å². The third-order valence-electron chi connectivity index (χ3n) is 3.89. The molecule has 1 aromatic heterocycles. The molecule has 6 heteroatoms. The lowest BCUT2D eigenvalue weighted by Gasteiger charge is -2.03. The van der Waals surface area contributed by atoms with Crippen LogP contribution < -0.4 is 0 Å². The first-order valence-electron chi connectivity index (χ1n) is 7.93. The van der Waals surface area contributed by atoms with Gasteiger partial charge in [-0.1, -0.05) is 35.9 Å². The number of carbonyl (C=O) groups excluding carboxylic acids is 1. The maximum absolute atomic E-state index is 13.0. The number of nitrogens with zero attached hydrogens (tertiary/aromatic N) is 2. The fourth-order valence-corrected chi connectivity index (χ4v) is 2.84. The van der Waals surface area contributed by atoms with Gasteiger partial charge < -0.3 is 5.11 Å². The molecule has 0 spiro atoms. The van der Waals surface area contributed by atoms with Gasteiger partial charge in [0.1, 0.15) is 16.7 Å². The molecule has 132 valence electrons. The molecule has 3 aromatic rings. The first-order chi connectivity index (χ1) is 12.4. The zero-order chi connectivity index (χ0) is 18.7. The molecule has 1 N–H and O–H groups in total. The van der Waals surface area contributed by atoms with Crippen LogP contribution in [0.2, 0.25) is 5.15 Å². The average Bonchev–Trinajstić information content (AvgIpc) is 2.88. The zero-order valence-electron chi connectivity index (χ0n) is 14.0. The number of carbonyl (C=O) groups is 1. The highest BCUT2D eigenvalue weighted by molar-refractivity contribution is 6.31. The number of phenolic OH excluding ortho intramolecular Hbond substituents is 1. The molecule has 0 saturated carbocycles. The molecule has 0 amide bonds. The maximum atomic E-state index is 13.0. The van der Waals surface area contributed by atoms with Crippen molar-refractivity contribution in [3.8, 4) is 5.75 Å². The molecule has 0 fully saturated rings. The van der Waals surface area contributed by atoms with Gasteiger partial charge in [-0.15, -0.1) is 0 Å². The summed E-state index contributed by atoms with van der Waals surface area (Å²) in [4.78, 5) is 12.2. The monoisotopic (exact) mass is 370 g/mol. The van der Waals surface area contributed by atoms with Crippen LogP contribution in [0.1, 0.15) is 27.2 Å². The van der Waals surface area contributed by atoms with Gasteiger partial charge in [0.25, 0.3) is 0 Å². The number of benzene rings is 2. The lowest BCUT2D eigenvalue weighted by atomic mass is 10.1. The second-order valence-corrected chi connectivity index (χ2v) is 6.18. The summed E-state index contributed by atoms with van der Waals surface area (Å²) in [5.74, 6) is -0.515. The van der Waals surface area contributed by atoms with E-state index in [2.05, 4.69) is 5.10 Å². The summed E-state index contributed by atoms with van der Waals surface area (Å²) in [5.41, 5.74) is 2.57. The van der Waals surface area contributed by atoms with E-state index in [0.29, 0.717) is 28.5 Å². The summed E-state index contributed by atoms with van der Waals surface area (Å²) in [6.07, 6.45) is 3.01. The topological polar surface area (TPSA) is 55.1 Å². The van der Waals surface area contributed by atoms with Crippen molar-refractivity contribution in [3.63, 3.8) is 0 Å². The fraction of sp³-hybridized carbons (Fsp3) is 0.100. The molecule has 2 aromatic carbocycles. The van der Waals surface area contributed by atoms with Gasteiger partial charge >= 0.3 is 0 Å². The molecule has 0 aliphatic rings. The number of allylic oxidation sites excluding steroid dienone is 1. The quantitative estimate of drug-likeness (QED) is 0.526. The van der Waals surface area contributed by atoms with Crippen LogP contribution in [0.25, 0.3) is 6.08 Å². The van der Waals surface area contributed by atoms with Crippen LogP contribution in [-0.2, 0) is 6.54 Å². The van der Waals surface area contributed by atoms with Gasteiger partial charge in [-0.05, 0) is 48.9 Å². The fourth-order valence-electron chi connectivity index (χ4n) is 2.54. The number of hydrogen-bond acceptors (Lipinski definition) is 3. The second-order valence-electron chi connectivity index (χ2n) is 5.82. The Kier molecular flexibility index (Phi) is 5.19. The van der Waals surface area contributed by atoms with Crippen LogP contribution in [0.3, 0.4) is 0 Å². The van der Waals surface area contributed by atoms with Crippen molar-refractivity contribution in [2.24, 2.45) is 0 Å². The van der Waals surface area contributed by atoms with Crippen molar-refractivity contribution in [1.82, 2.24) is 9.78 Å². The van der Waals surface area contributed by atoms with Crippen molar-refractivity contribution in [2.45, 2.75) is 13.5 Å². The van der Waals surface area contributed by atoms with Crippen molar-refractivity contribution < 1.29 is 14.3 Å². The highest BCUT2D eigenvalue weighted by atomic mass is 35.5. The number of aromatic nitrogens is 2. The Hall–Kier alpha value is -2.92. The average molecular weight is 371 g/mol. The maximum Gasteiger partial charge on any atom is 0.185 e. The summed E-state index contributed by atoms with van der Waals surface area (Å²) in [6, 6.07) is 12.2. The molecule has 0 unspecified atom stereocenters. The van der Waals surface area contributed by atoms with E-state index in [0.717, 1.165) is 5.56 Å². The summed E-state index contributed by atoms with van der Waals surface area (Å²) in [7, 11) is 0. The molecule has 0 aliphatic heterocycles. The van der Waals surface area contributed by atoms with Gasteiger partial charge in [-0.3, -0.25) is 4.79 Å². The van der Waals surface area contributed by atoms with E-state index >= 15 is 0 Å². The molecule has 0 saturated heterocycles. The molecule has 0 aliphatic carbocycles. The van der Waals surface area contributed by atoms with E-state index in [9.17, 15) is 14.3 Å². The Labute approximate surface area is 155 Å². The number of halogens is 2. The molecular formula is C20H16ClFN2O2. The molecule has 0 bridgehead atoms. The summed E-state index contributed by atoms with van der Waals surface area (Å²) in [5, 5.41) is 14.2. The number of hydrogen-bond donors (Lipinski definition) is 1. The van der Waals surface area contributed by atoms with Crippen molar-refractivity contribution >= 4 is 23.5 Å². The van der Waals surface area contributed by atoms with Gasteiger partial charge in [0, 0.05) is 11.1 Å². The van der Waals surface area contributed by atoms with E-state index < -0.39 is 0 Å². The minimum absolute atomic E-state index is 0.0329. The van der Waals surface area contributed by atoms with Crippen LogP contribution in [0.15, 0.2) is 54.6 Å². The molecule has 0 atom stereocenters. The lowest BCUT2D eigenvalue weighted by Crippen LogP contribution is -2.02. The SMILES string of the molecule is Cc1nn(Cc2ccc(F)cc2)c(Cl)c1/C=C/C(=O)c1cccc(O)c1. The normalized spacial score (nSPS) is 11.2. The Balaban J connectivity index is 1.81. The number of ketones is 1. The minimum Gasteiger partial charge on any atom is -0.508 e. The largest absolute Gasteiger partial charge is 0.508 e. The number of aryl methyl sites for hydroxylation is 1. The summed E-state index contributed by atoms with van der Waals surface area (Å²) < 4.78 is 14.6. The van der Waals surface area contributed by atoms with Crippen LogP contribution in [0.5, 0.6) is 5.75 Å².